The van der Waals surface area contributed by atoms with E-state index in [1.807, 2.05) is 0 Å². The Morgan fingerprint density at radius 2 is 1.68 bits per heavy atom. The van der Waals surface area contributed by atoms with Crippen molar-refractivity contribution < 1.29 is 42.2 Å². The van der Waals surface area contributed by atoms with Gasteiger partial charge in [-0.15, -0.1) is 10.1 Å². The van der Waals surface area contributed by atoms with Crippen LogP contribution in [0.1, 0.15) is 23.2 Å². The first-order valence-corrected chi connectivity index (χ1v) is 15.0. The number of nitrogens with one attached hydrogen (secondary N) is 1. The number of aliphatic carboxylic acids is 1. The molecule has 0 aliphatic heterocycles. The minimum absolute atomic E-state index is 0.0279. The minimum Gasteiger partial charge on any atom is -0.479 e. The third kappa shape index (κ3) is 7.03. The monoisotopic (exact) mass is 625 g/mol. The van der Waals surface area contributed by atoms with Gasteiger partial charge in [0.05, 0.1) is 17.2 Å². The van der Waals surface area contributed by atoms with E-state index in [0.717, 1.165) is 6.26 Å². The first-order valence-electron chi connectivity index (χ1n) is 13.1. The van der Waals surface area contributed by atoms with Gasteiger partial charge in [-0.2, -0.15) is 0 Å². The number of carbonyl (C=O) groups is 2. The summed E-state index contributed by atoms with van der Waals surface area (Å²) in [6.45, 7) is 0.690. The van der Waals surface area contributed by atoms with Crippen LogP contribution in [0.5, 0.6) is 0 Å². The van der Waals surface area contributed by atoms with Gasteiger partial charge in [-0.1, -0.05) is 42.5 Å². The lowest BCUT2D eigenvalue weighted by atomic mass is 9.86. The van der Waals surface area contributed by atoms with Crippen molar-refractivity contribution in [3.05, 3.63) is 118 Å². The van der Waals surface area contributed by atoms with E-state index in [4.69, 9.17) is 4.74 Å². The fourth-order valence-electron chi connectivity index (χ4n) is 4.79. The van der Waals surface area contributed by atoms with Crippen LogP contribution < -0.4 is 5.32 Å². The lowest BCUT2D eigenvalue weighted by molar-refractivity contribution is -0.758. The summed E-state index contributed by atoms with van der Waals surface area (Å²) in [6, 6.07) is 21.3. The number of amides is 1. The van der Waals surface area contributed by atoms with Crippen LogP contribution in [-0.4, -0.2) is 48.1 Å². The summed E-state index contributed by atoms with van der Waals surface area (Å²) in [7, 11) is -3.52. The third-order valence-electron chi connectivity index (χ3n) is 6.94. The molecule has 14 heteroatoms. The summed E-state index contributed by atoms with van der Waals surface area (Å²) in [6.07, 6.45) is -0.627. The molecule has 1 heterocycles. The predicted octanol–water partition coefficient (Wildman–Crippen LogP) is 4.80. The molecule has 3 aromatic carbocycles. The van der Waals surface area contributed by atoms with Crippen LogP contribution in [0.25, 0.3) is 16.9 Å². The fraction of sp³-hybridized carbons (Fsp3) is 0.200. The van der Waals surface area contributed by atoms with Crippen molar-refractivity contribution in [1.29, 1.82) is 0 Å². The molecule has 2 N–H and O–H groups in total. The zero-order valence-corrected chi connectivity index (χ0v) is 24.4. The highest BCUT2D eigenvalue weighted by molar-refractivity contribution is 7.90. The Bertz CT molecular complexity index is 1770. The molecule has 0 spiro atoms. The molecule has 1 atom stereocenters. The summed E-state index contributed by atoms with van der Waals surface area (Å²) in [5.74, 6) is -2.07. The lowest BCUT2D eigenvalue weighted by Crippen LogP contribution is -2.53. The van der Waals surface area contributed by atoms with E-state index >= 15 is 0 Å². The van der Waals surface area contributed by atoms with Crippen molar-refractivity contribution in [3.63, 3.8) is 0 Å². The van der Waals surface area contributed by atoms with Crippen LogP contribution in [0.4, 0.5) is 9.18 Å². The molecule has 0 aliphatic rings. The van der Waals surface area contributed by atoms with E-state index in [0.29, 0.717) is 22.5 Å². The van der Waals surface area contributed by atoms with Crippen LogP contribution in [-0.2, 0) is 36.4 Å². The number of ether oxygens (including phenoxy) is 1. The standard InChI is InChI=1S/C30H28FN3O9S/c1-20-26(30(28(35)36,16-17-43-34(38)39)32-29(37)42-19-21-6-4-3-5-7-21)18-27(33(20)24-12-10-23(31)11-13-24)22-8-14-25(15-9-22)44(2,40)41/h3-15,18H,16-17,19H2,1-2H3,(H,32,37)(H,35,36). The summed E-state index contributed by atoms with van der Waals surface area (Å²) in [5, 5.41) is 22.8. The number of benzene rings is 3. The maximum Gasteiger partial charge on any atom is 0.408 e. The number of aromatic nitrogens is 1. The number of nitrogens with zero attached hydrogens (tertiary/aromatic N) is 2. The van der Waals surface area contributed by atoms with E-state index in [9.17, 15) is 37.6 Å². The highest BCUT2D eigenvalue weighted by Crippen LogP contribution is 2.37. The fourth-order valence-corrected chi connectivity index (χ4v) is 5.42. The Morgan fingerprint density at radius 3 is 2.25 bits per heavy atom. The Kier molecular flexibility index (Phi) is 9.33. The number of alkyl carbamates (subject to hydrolysis) is 1. The number of carboxylic acids is 1. The molecule has 0 saturated heterocycles. The molecule has 0 radical (unpaired) electrons. The van der Waals surface area contributed by atoms with Gasteiger partial charge in [0.25, 0.3) is 5.09 Å². The summed E-state index contributed by atoms with van der Waals surface area (Å²) < 4.78 is 44.8. The molecule has 4 rings (SSSR count). The quantitative estimate of drug-likeness (QED) is 0.166. The van der Waals surface area contributed by atoms with Gasteiger partial charge in [0.1, 0.15) is 12.4 Å². The van der Waals surface area contributed by atoms with Crippen LogP contribution >= 0.6 is 0 Å². The van der Waals surface area contributed by atoms with E-state index in [-0.39, 0.29) is 22.8 Å². The van der Waals surface area contributed by atoms with Crippen molar-refractivity contribution in [3.8, 4) is 16.9 Å². The Hall–Kier alpha value is -5.24. The van der Waals surface area contributed by atoms with Gasteiger partial charge in [-0.3, -0.25) is 0 Å². The van der Waals surface area contributed by atoms with Crippen LogP contribution in [0.2, 0.25) is 0 Å². The predicted molar refractivity (Wildman–Crippen MR) is 156 cm³/mol. The second-order valence-corrected chi connectivity index (χ2v) is 11.9. The minimum atomic E-state index is -3.52. The maximum absolute atomic E-state index is 13.9. The van der Waals surface area contributed by atoms with Gasteiger partial charge >= 0.3 is 12.1 Å². The highest BCUT2D eigenvalue weighted by atomic mass is 32.2. The van der Waals surface area contributed by atoms with Crippen molar-refractivity contribution in [1.82, 2.24) is 9.88 Å². The Morgan fingerprint density at radius 1 is 1.05 bits per heavy atom. The first kappa shape index (κ1) is 31.7. The van der Waals surface area contributed by atoms with Crippen molar-refractivity contribution in [2.24, 2.45) is 0 Å². The zero-order valence-electron chi connectivity index (χ0n) is 23.6. The second kappa shape index (κ2) is 13.0. The molecule has 230 valence electrons. The molecule has 12 nitrogen and oxygen atoms in total. The molecular weight excluding hydrogens is 597 g/mol. The normalized spacial score (nSPS) is 12.6. The van der Waals surface area contributed by atoms with Crippen molar-refractivity contribution in [2.75, 3.05) is 12.9 Å². The molecule has 0 aliphatic carbocycles. The molecule has 44 heavy (non-hydrogen) atoms. The van der Waals surface area contributed by atoms with Gasteiger partial charge in [0.2, 0.25) is 0 Å². The molecule has 1 unspecified atom stereocenters. The van der Waals surface area contributed by atoms with E-state index in [1.54, 1.807) is 41.8 Å². The summed E-state index contributed by atoms with van der Waals surface area (Å²) >= 11 is 0. The SMILES string of the molecule is Cc1c(C(CCO[N+](=O)[O-])(NC(=O)OCc2ccccc2)C(=O)O)cc(-c2ccc(S(C)(=O)=O)cc2)n1-c1ccc(F)cc1. The second-order valence-electron chi connectivity index (χ2n) is 9.84. The third-order valence-corrected chi connectivity index (χ3v) is 8.07. The summed E-state index contributed by atoms with van der Waals surface area (Å²) in [5.41, 5.74) is -0.0945. The molecule has 1 amide bonds. The molecule has 0 fully saturated rings. The van der Waals surface area contributed by atoms with Gasteiger partial charge in [-0.25, -0.2) is 22.4 Å². The Balaban J connectivity index is 1.87. The molecular formula is C30H28FN3O9S. The average molecular weight is 626 g/mol. The molecule has 1 aromatic heterocycles. The maximum atomic E-state index is 13.9. The topological polar surface area (TPSA) is 167 Å². The van der Waals surface area contributed by atoms with Gasteiger partial charge in [0, 0.05) is 29.6 Å². The summed E-state index contributed by atoms with van der Waals surface area (Å²) in [4.78, 5) is 41.5. The number of sulfone groups is 1. The van der Waals surface area contributed by atoms with Gasteiger partial charge < -0.3 is 24.6 Å². The molecule has 0 saturated carbocycles. The van der Waals surface area contributed by atoms with Crippen molar-refractivity contribution >= 4 is 21.9 Å². The van der Waals surface area contributed by atoms with E-state index < -0.39 is 51.4 Å². The van der Waals surface area contributed by atoms with E-state index in [1.165, 1.54) is 54.6 Å². The lowest BCUT2D eigenvalue weighted by Gasteiger charge is -2.30. The van der Waals surface area contributed by atoms with E-state index in [2.05, 4.69) is 10.2 Å². The molecule has 0 bridgehead atoms. The van der Waals surface area contributed by atoms with Crippen LogP contribution in [0.3, 0.4) is 0 Å². The number of carboxylic acid groups (broad SMARTS) is 1. The number of hydrogen-bond acceptors (Lipinski definition) is 8. The number of halogens is 1. The zero-order chi connectivity index (χ0) is 32.1. The Labute approximate surface area is 251 Å². The number of carbonyl (C=O) groups excluding carboxylic acids is 1. The number of hydrogen-bond donors (Lipinski definition) is 2. The van der Waals surface area contributed by atoms with Crippen LogP contribution in [0.15, 0.2) is 89.8 Å². The van der Waals surface area contributed by atoms with Crippen LogP contribution in [0, 0.1) is 22.9 Å². The van der Waals surface area contributed by atoms with Gasteiger partial charge in [0.15, 0.2) is 15.4 Å². The number of rotatable bonds is 12. The largest absolute Gasteiger partial charge is 0.479 e. The smallest absolute Gasteiger partial charge is 0.408 e. The van der Waals surface area contributed by atoms with Crippen molar-refractivity contribution in [2.45, 2.75) is 30.4 Å². The van der Waals surface area contributed by atoms with Gasteiger partial charge in [-0.05, 0) is 60.5 Å². The molecule has 4 aromatic rings. The first-order chi connectivity index (χ1) is 20.8. The highest BCUT2D eigenvalue weighted by Gasteiger charge is 2.45. The average Bonchev–Trinajstić information content (AvgIpc) is 3.33.